The summed E-state index contributed by atoms with van der Waals surface area (Å²) in [6.07, 6.45) is 22.0. The number of hydrogen-bond acceptors (Lipinski definition) is 5. The Bertz CT molecular complexity index is 1540. The third kappa shape index (κ3) is 23.4. The number of nitrogens with zero attached hydrogens (tertiary/aromatic N) is 1. The van der Waals surface area contributed by atoms with E-state index in [2.05, 4.69) is 72.5 Å². The first-order valence-corrected chi connectivity index (χ1v) is 23.4. The fraction of sp³-hybridized carbons (Fsp3) is 0.588. The Morgan fingerprint density at radius 2 is 1.54 bits per heavy atom. The van der Waals surface area contributed by atoms with Gasteiger partial charge in [0.25, 0.3) is 5.92 Å². The van der Waals surface area contributed by atoms with Gasteiger partial charge < -0.3 is 25.3 Å². The summed E-state index contributed by atoms with van der Waals surface area (Å²) < 4.78 is 33.1. The van der Waals surface area contributed by atoms with E-state index < -0.39 is 5.92 Å². The van der Waals surface area contributed by atoms with Crippen molar-refractivity contribution in [3.8, 4) is 5.75 Å². The highest BCUT2D eigenvalue weighted by Gasteiger charge is 2.35. The van der Waals surface area contributed by atoms with Crippen molar-refractivity contribution in [2.75, 3.05) is 26.8 Å². The molecule has 4 atom stereocenters. The minimum absolute atomic E-state index is 0.0284. The number of allylic oxidation sites excluding steroid dienone is 5. The summed E-state index contributed by atoms with van der Waals surface area (Å²) in [7, 11) is 4.26. The van der Waals surface area contributed by atoms with Crippen molar-refractivity contribution in [1.82, 2.24) is 4.90 Å². The third-order valence-electron chi connectivity index (χ3n) is 10.2. The van der Waals surface area contributed by atoms with Crippen molar-refractivity contribution in [2.24, 2.45) is 23.5 Å². The summed E-state index contributed by atoms with van der Waals surface area (Å²) >= 11 is 0. The quantitative estimate of drug-likeness (QED) is 0.0755. The highest BCUT2D eigenvalue weighted by atomic mass is 31.0. The van der Waals surface area contributed by atoms with E-state index in [0.29, 0.717) is 24.5 Å². The van der Waals surface area contributed by atoms with E-state index in [-0.39, 0.29) is 41.7 Å². The Kier molecular flexibility index (Phi) is 34.9. The fourth-order valence-electron chi connectivity index (χ4n) is 6.98. The molecule has 0 heterocycles. The Morgan fingerprint density at radius 1 is 0.934 bits per heavy atom. The summed E-state index contributed by atoms with van der Waals surface area (Å²) in [6, 6.07) is 13.3. The van der Waals surface area contributed by atoms with Crippen LogP contribution in [0.15, 0.2) is 72.8 Å². The third-order valence-corrected chi connectivity index (χ3v) is 10.6. The molecular formula is C51H83F2N2O5P. The van der Waals surface area contributed by atoms with Crippen molar-refractivity contribution in [3.05, 3.63) is 89.5 Å². The van der Waals surface area contributed by atoms with E-state index in [1.165, 1.54) is 37.0 Å². The van der Waals surface area contributed by atoms with Crippen molar-refractivity contribution >= 4 is 38.2 Å². The number of benzene rings is 2. The second-order valence-electron chi connectivity index (χ2n) is 14.7. The van der Waals surface area contributed by atoms with Crippen LogP contribution in [0.1, 0.15) is 162 Å². The molecule has 0 spiro atoms. The highest BCUT2D eigenvalue weighted by molar-refractivity contribution is 7.27. The molecular weight excluding hydrogens is 790 g/mol. The summed E-state index contributed by atoms with van der Waals surface area (Å²) in [6.45, 7) is 20.9. The Morgan fingerprint density at radius 3 is 1.98 bits per heavy atom. The molecule has 4 rings (SSSR count). The van der Waals surface area contributed by atoms with Crippen LogP contribution < -0.4 is 15.8 Å². The van der Waals surface area contributed by atoms with Crippen molar-refractivity contribution in [3.63, 3.8) is 0 Å². The number of aliphatic hydroxyl groups is 1. The molecule has 3 N–H and O–H groups in total. The van der Waals surface area contributed by atoms with Crippen LogP contribution in [-0.4, -0.2) is 54.9 Å². The van der Waals surface area contributed by atoms with Gasteiger partial charge in [-0.05, 0) is 72.9 Å². The Balaban J connectivity index is 0. The number of aldehydes is 1. The van der Waals surface area contributed by atoms with E-state index in [0.717, 1.165) is 81.3 Å². The molecule has 2 aromatic rings. The molecule has 1 saturated carbocycles. The second kappa shape index (κ2) is 35.9. The molecule has 2 aliphatic rings. The van der Waals surface area contributed by atoms with Crippen LogP contribution >= 0.6 is 9.24 Å². The maximum atomic E-state index is 13.8. The monoisotopic (exact) mass is 873 g/mol. The Labute approximate surface area is 372 Å². The topological polar surface area (TPSA) is 110 Å². The molecule has 2 aliphatic carbocycles. The minimum Gasteiger partial charge on any atom is -0.496 e. The lowest BCUT2D eigenvalue weighted by Gasteiger charge is -2.22. The van der Waals surface area contributed by atoms with E-state index in [1.54, 1.807) is 19.3 Å². The van der Waals surface area contributed by atoms with Crippen molar-refractivity contribution < 1.29 is 33.0 Å². The number of methoxy groups -OCH3 is 1. The predicted octanol–water partition coefficient (Wildman–Crippen LogP) is 12.4. The first-order chi connectivity index (χ1) is 29.2. The second-order valence-corrected chi connectivity index (χ2v) is 15.3. The Hall–Kier alpha value is -3.68. The molecule has 0 aliphatic heterocycles. The number of rotatable bonds is 16. The molecule has 0 saturated heterocycles. The first kappa shape index (κ1) is 59.4. The summed E-state index contributed by atoms with van der Waals surface area (Å²) in [4.78, 5) is 33.8. The largest absolute Gasteiger partial charge is 0.496 e. The zero-order valence-corrected chi connectivity index (χ0v) is 40.8. The fourth-order valence-corrected chi connectivity index (χ4v) is 7.17. The van der Waals surface area contributed by atoms with Crippen LogP contribution in [0.2, 0.25) is 0 Å². The van der Waals surface area contributed by atoms with Gasteiger partial charge in [-0.3, -0.25) is 9.59 Å². The van der Waals surface area contributed by atoms with Gasteiger partial charge in [-0.25, -0.2) is 8.78 Å². The highest BCUT2D eigenvalue weighted by Crippen LogP contribution is 2.49. The summed E-state index contributed by atoms with van der Waals surface area (Å²) in [5.74, 6) is -1.30. The van der Waals surface area contributed by atoms with E-state index in [1.807, 2.05) is 52.5 Å². The lowest BCUT2D eigenvalue weighted by atomic mass is 9.82. The predicted molar refractivity (Wildman–Crippen MR) is 259 cm³/mol. The van der Waals surface area contributed by atoms with Crippen LogP contribution in [0.4, 0.5) is 8.78 Å². The normalized spacial score (nSPS) is 17.0. The van der Waals surface area contributed by atoms with Gasteiger partial charge in [0.05, 0.1) is 13.7 Å². The molecule has 1 fully saturated rings. The van der Waals surface area contributed by atoms with Gasteiger partial charge in [-0.15, -0.1) is 9.24 Å². The van der Waals surface area contributed by atoms with Gasteiger partial charge in [-0.2, -0.15) is 0 Å². The molecule has 0 aromatic heterocycles. The number of unbranched alkanes of at least 4 members (excludes halogenated alkanes) is 1. The zero-order chi connectivity index (χ0) is 46.8. The van der Waals surface area contributed by atoms with Gasteiger partial charge in [0.2, 0.25) is 11.8 Å². The lowest BCUT2D eigenvalue weighted by Crippen LogP contribution is -2.32. The standard InChI is InChI=1S/C25H29F2OP.C10H19NO2.C7H13NO.C5H10O.2C2H6/c1-5-6-7-20-16(2)22(15-23(20)17-8-11-19(29)12-9-17)21-13-10-18(25(3,26)27)14-24(21)28-4;1-3-7-11(10(13)4-2)8-5-6-9-12;8-7(9)6-4-2-1-3-5-6;1-2-3-4-5-6;2*1-2/h6-16,20,23H,5,29H2,1-4H3;9H,3-8H2,1-2H3;6H,1-5H2,(H2,8,9);3-4,6H,2,5H2,1H3;2*1-2H3/b7-6+;;;4-3-;;. The molecule has 4 unspecified atom stereocenters. The molecule has 7 nitrogen and oxygen atoms in total. The number of halogens is 2. The molecule has 0 radical (unpaired) electrons. The summed E-state index contributed by atoms with van der Waals surface area (Å²) in [5, 5.41) is 9.27. The lowest BCUT2D eigenvalue weighted by molar-refractivity contribution is -0.131. The molecule has 2 aromatic carbocycles. The van der Waals surface area contributed by atoms with Crippen molar-refractivity contribution in [2.45, 2.75) is 152 Å². The first-order valence-electron chi connectivity index (χ1n) is 22.8. The van der Waals surface area contributed by atoms with E-state index in [9.17, 15) is 23.2 Å². The van der Waals surface area contributed by atoms with Gasteiger partial charge in [0.1, 0.15) is 12.0 Å². The SMILES string of the molecule is CC.CC.CC/C=C/C1C(C)C(c2ccc(C(C)(F)F)cc2OC)=CC1c1ccc(P)cc1.CC/C=C\CO.CCCN(CCCC=O)C(=O)CC.NC(=O)C1CCCCC1. The number of nitrogens with two attached hydrogens (primary N) is 1. The number of alkyl halides is 2. The smallest absolute Gasteiger partial charge is 0.270 e. The van der Waals surface area contributed by atoms with Gasteiger partial charge in [-0.1, -0.05) is 148 Å². The maximum Gasteiger partial charge on any atom is 0.270 e. The van der Waals surface area contributed by atoms with E-state index in [4.69, 9.17) is 15.6 Å². The molecule has 346 valence electrons. The van der Waals surface area contributed by atoms with Crippen LogP contribution in [0.5, 0.6) is 5.75 Å². The van der Waals surface area contributed by atoms with Gasteiger partial charge >= 0.3 is 0 Å². The number of amides is 2. The van der Waals surface area contributed by atoms with Crippen molar-refractivity contribution in [1.29, 1.82) is 0 Å². The minimum atomic E-state index is -2.89. The summed E-state index contributed by atoms with van der Waals surface area (Å²) in [5.41, 5.74) is 8.41. The van der Waals surface area contributed by atoms with Gasteiger partial charge in [0.15, 0.2) is 0 Å². The molecule has 61 heavy (non-hydrogen) atoms. The van der Waals surface area contributed by atoms with Crippen LogP contribution in [0, 0.1) is 17.8 Å². The number of primary amides is 1. The molecule has 2 amide bonds. The average Bonchev–Trinajstić information content (AvgIpc) is 3.61. The zero-order valence-electron chi connectivity index (χ0n) is 39.7. The maximum absolute atomic E-state index is 13.8. The van der Waals surface area contributed by atoms with Crippen LogP contribution in [0.25, 0.3) is 5.57 Å². The van der Waals surface area contributed by atoms with Gasteiger partial charge in [0, 0.05) is 55.8 Å². The number of carbonyl (C=O) groups excluding carboxylic acids is 3. The molecule has 10 heteroatoms. The average molecular weight is 873 g/mol. The number of ether oxygens (including phenoxy) is 1. The number of carbonyl (C=O) groups is 3. The molecule has 0 bridgehead atoms. The number of aliphatic hydroxyl groups excluding tert-OH is 1. The van der Waals surface area contributed by atoms with Crippen LogP contribution in [-0.2, 0) is 20.3 Å². The van der Waals surface area contributed by atoms with E-state index >= 15 is 0 Å². The van der Waals surface area contributed by atoms with Crippen LogP contribution in [0.3, 0.4) is 0 Å². The number of hydrogen-bond donors (Lipinski definition) is 2.